The predicted octanol–water partition coefficient (Wildman–Crippen LogP) is 6.09. The summed E-state index contributed by atoms with van der Waals surface area (Å²) in [6.45, 7) is -0.0495. The third-order valence-electron chi connectivity index (χ3n) is 6.06. The number of hydrogen-bond acceptors (Lipinski definition) is 5. The Balaban J connectivity index is 1.64. The molecular weight excluding hydrogens is 491 g/mol. The van der Waals surface area contributed by atoms with Crippen LogP contribution >= 0.6 is 11.8 Å². The number of esters is 1. The zero-order valence-electron chi connectivity index (χ0n) is 19.0. The highest BCUT2D eigenvalue weighted by Crippen LogP contribution is 2.42. The van der Waals surface area contributed by atoms with Gasteiger partial charge in [0.2, 0.25) is 0 Å². The lowest BCUT2D eigenvalue weighted by Gasteiger charge is -2.19. The Kier molecular flexibility index (Phi) is 6.26. The number of hydrogen-bond donors (Lipinski definition) is 0. The molecule has 0 fully saturated rings. The molecule has 1 aromatic heterocycles. The van der Waals surface area contributed by atoms with E-state index in [1.807, 2.05) is 36.4 Å². The summed E-state index contributed by atoms with van der Waals surface area (Å²) in [5, 5.41) is 2.26. The van der Waals surface area contributed by atoms with Crippen LogP contribution < -0.4 is 10.3 Å². The zero-order chi connectivity index (χ0) is 25.4. The second-order valence-corrected chi connectivity index (χ2v) is 9.26. The Hall–Kier alpha value is -3.72. The number of alkyl halides is 3. The fourth-order valence-corrected chi connectivity index (χ4v) is 5.73. The molecule has 36 heavy (non-hydrogen) atoms. The number of carbonyl (C=O) groups is 1. The van der Waals surface area contributed by atoms with E-state index in [0.29, 0.717) is 21.9 Å². The fraction of sp³-hybridized carbons (Fsp3) is 0.185. The molecule has 0 radical (unpaired) electrons. The molecule has 5 nitrogen and oxygen atoms in total. The zero-order valence-corrected chi connectivity index (χ0v) is 19.9. The molecule has 0 aliphatic carbocycles. The molecule has 1 aliphatic rings. The lowest BCUT2D eigenvalue weighted by molar-refractivity contribution is -0.144. The largest absolute Gasteiger partial charge is 0.488 e. The first-order chi connectivity index (χ1) is 17.3. The molecule has 184 valence electrons. The van der Waals surface area contributed by atoms with Gasteiger partial charge in [0.1, 0.15) is 18.4 Å². The number of thioether (sulfide) groups is 1. The maximum atomic E-state index is 13.5. The van der Waals surface area contributed by atoms with Crippen molar-refractivity contribution >= 4 is 28.5 Å². The monoisotopic (exact) mass is 511 g/mol. The Bertz CT molecular complexity index is 1520. The van der Waals surface area contributed by atoms with Crippen LogP contribution in [0.2, 0.25) is 0 Å². The maximum absolute atomic E-state index is 13.5. The maximum Gasteiger partial charge on any atom is 0.416 e. The summed E-state index contributed by atoms with van der Waals surface area (Å²) < 4.78 is 52.8. The molecule has 1 aliphatic heterocycles. The van der Waals surface area contributed by atoms with Crippen molar-refractivity contribution in [2.24, 2.45) is 0 Å². The van der Waals surface area contributed by atoms with Crippen molar-refractivity contribution in [3.8, 4) is 16.9 Å². The van der Waals surface area contributed by atoms with E-state index < -0.39 is 29.3 Å². The number of methoxy groups -OCH3 is 1. The van der Waals surface area contributed by atoms with Crippen LogP contribution in [0.4, 0.5) is 13.2 Å². The Morgan fingerprint density at radius 3 is 2.58 bits per heavy atom. The van der Waals surface area contributed by atoms with E-state index in [1.54, 1.807) is 12.1 Å². The van der Waals surface area contributed by atoms with Crippen molar-refractivity contribution in [3.05, 3.63) is 94.3 Å². The molecule has 0 unspecified atom stereocenters. The smallest absolute Gasteiger partial charge is 0.416 e. The highest BCUT2D eigenvalue weighted by atomic mass is 32.2. The number of nitrogens with zero attached hydrogens (tertiary/aromatic N) is 1. The summed E-state index contributed by atoms with van der Waals surface area (Å²) in [5.41, 5.74) is -0.118. The molecule has 1 atom stereocenters. The van der Waals surface area contributed by atoms with Gasteiger partial charge in [-0.05, 0) is 29.1 Å². The topological polar surface area (TPSA) is 57.5 Å². The summed E-state index contributed by atoms with van der Waals surface area (Å²) in [6, 6.07) is 18.6. The standard InChI is InChI=1S/C27H20F3NO4S/c1-34-26(33)21-15-36-25-24(17-8-4-9-19(12-17)27(28,29)30)18(13-23(32)31(21)25)14-35-22-11-5-7-16-6-2-3-10-20(16)22/h2-13,21H,14-15H2,1H3/t21-/m0/s1. The summed E-state index contributed by atoms with van der Waals surface area (Å²) in [6.07, 6.45) is -4.54. The first kappa shape index (κ1) is 24.0. The summed E-state index contributed by atoms with van der Waals surface area (Å²) in [4.78, 5) is 25.4. The first-order valence-electron chi connectivity index (χ1n) is 11.0. The molecular formula is C27H20F3NO4S. The molecule has 5 rings (SSSR count). The molecule has 2 heterocycles. The average Bonchev–Trinajstić information content (AvgIpc) is 3.32. The molecule has 3 aromatic carbocycles. The Morgan fingerprint density at radius 2 is 1.81 bits per heavy atom. The summed E-state index contributed by atoms with van der Waals surface area (Å²) in [7, 11) is 1.23. The minimum Gasteiger partial charge on any atom is -0.488 e. The third kappa shape index (κ3) is 4.35. The highest BCUT2D eigenvalue weighted by Gasteiger charge is 2.35. The van der Waals surface area contributed by atoms with E-state index in [2.05, 4.69) is 0 Å². The second kappa shape index (κ2) is 9.39. The fourth-order valence-electron chi connectivity index (χ4n) is 4.38. The third-order valence-corrected chi connectivity index (χ3v) is 7.22. The van der Waals surface area contributed by atoms with Gasteiger partial charge in [0, 0.05) is 28.3 Å². The molecule has 4 aromatic rings. The number of halogens is 3. The predicted molar refractivity (Wildman–Crippen MR) is 131 cm³/mol. The summed E-state index contributed by atoms with van der Waals surface area (Å²) in [5.74, 6) is 0.239. The molecule has 0 bridgehead atoms. The molecule has 0 saturated carbocycles. The van der Waals surface area contributed by atoms with Crippen molar-refractivity contribution < 1.29 is 27.4 Å². The van der Waals surface area contributed by atoms with Crippen molar-refractivity contribution in [1.29, 1.82) is 0 Å². The van der Waals surface area contributed by atoms with Crippen molar-refractivity contribution in [2.45, 2.75) is 23.9 Å². The van der Waals surface area contributed by atoms with Crippen LogP contribution in [0.5, 0.6) is 5.75 Å². The number of ether oxygens (including phenoxy) is 2. The number of fused-ring (bicyclic) bond motifs is 2. The highest BCUT2D eigenvalue weighted by molar-refractivity contribution is 7.99. The van der Waals surface area contributed by atoms with Crippen molar-refractivity contribution in [1.82, 2.24) is 4.57 Å². The summed E-state index contributed by atoms with van der Waals surface area (Å²) >= 11 is 1.23. The van der Waals surface area contributed by atoms with E-state index in [4.69, 9.17) is 9.47 Å². The van der Waals surface area contributed by atoms with Gasteiger partial charge < -0.3 is 9.47 Å². The lowest BCUT2D eigenvalue weighted by atomic mass is 9.99. The Labute approximate surface area is 208 Å². The van der Waals surface area contributed by atoms with Gasteiger partial charge in [-0.25, -0.2) is 4.79 Å². The number of aromatic nitrogens is 1. The van der Waals surface area contributed by atoms with Gasteiger partial charge in [-0.1, -0.05) is 48.5 Å². The first-order valence-corrected chi connectivity index (χ1v) is 12.0. The molecule has 0 amide bonds. The van der Waals surface area contributed by atoms with Gasteiger partial charge in [0.15, 0.2) is 0 Å². The van der Waals surface area contributed by atoms with Crippen LogP contribution in [0.15, 0.2) is 82.6 Å². The number of carbonyl (C=O) groups excluding carboxylic acids is 1. The quantitative estimate of drug-likeness (QED) is 0.304. The van der Waals surface area contributed by atoms with Crippen LogP contribution in [0, 0.1) is 0 Å². The normalized spacial score (nSPS) is 15.1. The van der Waals surface area contributed by atoms with Gasteiger partial charge in [-0.15, -0.1) is 11.8 Å². The Morgan fingerprint density at radius 1 is 1.06 bits per heavy atom. The van der Waals surface area contributed by atoms with Gasteiger partial charge >= 0.3 is 12.1 Å². The van der Waals surface area contributed by atoms with Gasteiger partial charge in [-0.2, -0.15) is 13.2 Å². The minimum atomic E-state index is -4.54. The average molecular weight is 512 g/mol. The van der Waals surface area contributed by atoms with Crippen LogP contribution in [0.25, 0.3) is 21.9 Å². The molecule has 9 heteroatoms. The van der Waals surface area contributed by atoms with E-state index in [-0.39, 0.29) is 17.9 Å². The van der Waals surface area contributed by atoms with Crippen LogP contribution in [-0.2, 0) is 22.3 Å². The molecule has 0 spiro atoms. The lowest BCUT2D eigenvalue weighted by Crippen LogP contribution is -2.30. The van der Waals surface area contributed by atoms with Gasteiger partial charge in [0.05, 0.1) is 17.7 Å². The second-order valence-electron chi connectivity index (χ2n) is 8.25. The molecule has 0 saturated heterocycles. The van der Waals surface area contributed by atoms with E-state index >= 15 is 0 Å². The number of benzene rings is 3. The number of rotatable bonds is 5. The van der Waals surface area contributed by atoms with Crippen molar-refractivity contribution in [3.63, 3.8) is 0 Å². The van der Waals surface area contributed by atoms with Gasteiger partial charge in [-0.3, -0.25) is 9.36 Å². The minimum absolute atomic E-state index is 0.0495. The van der Waals surface area contributed by atoms with E-state index in [0.717, 1.165) is 22.9 Å². The van der Waals surface area contributed by atoms with Crippen LogP contribution in [0.1, 0.15) is 17.2 Å². The van der Waals surface area contributed by atoms with Crippen LogP contribution in [-0.4, -0.2) is 23.4 Å². The van der Waals surface area contributed by atoms with E-state index in [9.17, 15) is 22.8 Å². The van der Waals surface area contributed by atoms with Crippen LogP contribution in [0.3, 0.4) is 0 Å². The van der Waals surface area contributed by atoms with Gasteiger partial charge in [0.25, 0.3) is 5.56 Å². The van der Waals surface area contributed by atoms with E-state index in [1.165, 1.54) is 35.6 Å². The SMILES string of the molecule is COC(=O)[C@@H]1CSc2c(-c3cccc(C(F)(F)F)c3)c(COc3cccc4ccccc34)cc(=O)n21. The number of pyridine rings is 1. The van der Waals surface area contributed by atoms with Crippen molar-refractivity contribution in [2.75, 3.05) is 12.9 Å². The molecule has 0 N–H and O–H groups in total.